The second-order valence-electron chi connectivity index (χ2n) is 5.80. The summed E-state index contributed by atoms with van der Waals surface area (Å²) in [6.45, 7) is 3.95. The first-order valence-electron chi connectivity index (χ1n) is 8.39. The maximum atomic E-state index is 11.6. The van der Waals surface area contributed by atoms with E-state index in [1.807, 2.05) is 37.3 Å². The predicted molar refractivity (Wildman–Crippen MR) is 103 cm³/mol. The summed E-state index contributed by atoms with van der Waals surface area (Å²) in [6.07, 6.45) is 0. The first kappa shape index (κ1) is 18.9. The minimum Gasteiger partial charge on any atom is -0.494 e. The monoisotopic (exact) mass is 384 g/mol. The minimum absolute atomic E-state index is 0.0197. The second-order valence-corrected chi connectivity index (χ2v) is 6.86. The number of aryl methyl sites for hydroxylation is 1. The Hall–Kier alpha value is -2.87. The largest absolute Gasteiger partial charge is 0.494 e. The Bertz CT molecular complexity index is 942. The molecule has 0 radical (unpaired) electrons. The molecule has 0 unspecified atom stereocenters. The summed E-state index contributed by atoms with van der Waals surface area (Å²) in [4.78, 5) is 11.6. The van der Waals surface area contributed by atoms with E-state index in [-0.39, 0.29) is 5.78 Å². The van der Waals surface area contributed by atoms with E-state index in [1.165, 1.54) is 18.7 Å². The fourth-order valence-electron chi connectivity index (χ4n) is 2.55. The summed E-state index contributed by atoms with van der Waals surface area (Å²) in [5.74, 6) is 1.89. The number of ether oxygens (including phenoxy) is 2. The zero-order valence-corrected chi connectivity index (χ0v) is 16.2. The van der Waals surface area contributed by atoms with Gasteiger partial charge in [0.2, 0.25) is 5.16 Å². The number of para-hydroxylation sites is 1. The van der Waals surface area contributed by atoms with Gasteiger partial charge < -0.3 is 9.47 Å². The lowest BCUT2D eigenvalue weighted by Gasteiger charge is -2.11. The lowest BCUT2D eigenvalue weighted by atomic mass is 10.1. The molecule has 140 valence electrons. The molecule has 0 spiro atoms. The molecule has 1 heterocycles. The summed E-state index contributed by atoms with van der Waals surface area (Å²) < 4.78 is 12.8. The average molecular weight is 384 g/mol. The molecule has 0 bridgehead atoms. The van der Waals surface area contributed by atoms with Crippen LogP contribution in [0.4, 0.5) is 0 Å². The molecular weight excluding hydrogens is 364 g/mol. The van der Waals surface area contributed by atoms with Crippen LogP contribution in [0.25, 0.3) is 5.69 Å². The van der Waals surface area contributed by atoms with Gasteiger partial charge in [-0.05, 0) is 54.1 Å². The highest BCUT2D eigenvalue weighted by atomic mass is 32.2. The smallest absolute Gasteiger partial charge is 0.214 e. The van der Waals surface area contributed by atoms with Crippen LogP contribution in [0.15, 0.2) is 47.6 Å². The number of hydrogen-bond acceptors (Lipinski definition) is 7. The van der Waals surface area contributed by atoms with E-state index in [0.29, 0.717) is 34.6 Å². The van der Waals surface area contributed by atoms with E-state index in [1.54, 1.807) is 23.9 Å². The molecule has 0 N–H and O–H groups in total. The molecule has 0 aliphatic rings. The summed E-state index contributed by atoms with van der Waals surface area (Å²) in [5.41, 5.74) is 2.45. The van der Waals surface area contributed by atoms with Gasteiger partial charge in [-0.3, -0.25) is 4.79 Å². The molecule has 7 nitrogen and oxygen atoms in total. The summed E-state index contributed by atoms with van der Waals surface area (Å²) in [5, 5.41) is 12.6. The quantitative estimate of drug-likeness (QED) is 0.335. The lowest BCUT2D eigenvalue weighted by Crippen LogP contribution is -2.06. The normalized spacial score (nSPS) is 10.6. The van der Waals surface area contributed by atoms with Crippen molar-refractivity contribution in [1.29, 1.82) is 0 Å². The molecule has 0 saturated heterocycles. The first-order chi connectivity index (χ1) is 13.1. The number of nitrogens with zero attached hydrogens (tertiary/aromatic N) is 4. The highest BCUT2D eigenvalue weighted by Gasteiger charge is 2.14. The number of rotatable bonds is 8. The van der Waals surface area contributed by atoms with Gasteiger partial charge >= 0.3 is 0 Å². The van der Waals surface area contributed by atoms with Gasteiger partial charge in [-0.25, -0.2) is 0 Å². The lowest BCUT2D eigenvalue weighted by molar-refractivity contribution is 0.101. The van der Waals surface area contributed by atoms with Crippen LogP contribution in [0.5, 0.6) is 11.5 Å². The molecule has 8 heteroatoms. The van der Waals surface area contributed by atoms with Gasteiger partial charge in [0.25, 0.3) is 0 Å². The first-order valence-corrected chi connectivity index (χ1v) is 9.37. The SMILES string of the molecule is COc1ccc(C)cc1-n1nnnc1SCCOc1ccccc1C(C)=O. The van der Waals surface area contributed by atoms with E-state index in [0.717, 1.165) is 11.3 Å². The average Bonchev–Trinajstić information content (AvgIpc) is 3.13. The van der Waals surface area contributed by atoms with Gasteiger partial charge in [0, 0.05) is 5.75 Å². The molecule has 1 aromatic heterocycles. The maximum absolute atomic E-state index is 11.6. The van der Waals surface area contributed by atoms with E-state index in [2.05, 4.69) is 15.5 Å². The number of thioether (sulfide) groups is 1. The number of ketones is 1. The van der Waals surface area contributed by atoms with Gasteiger partial charge in [0.1, 0.15) is 17.2 Å². The Morgan fingerprint density at radius 1 is 1.19 bits per heavy atom. The van der Waals surface area contributed by atoms with Crippen molar-refractivity contribution in [1.82, 2.24) is 20.2 Å². The van der Waals surface area contributed by atoms with Crippen molar-refractivity contribution >= 4 is 17.5 Å². The minimum atomic E-state index is -0.0197. The topological polar surface area (TPSA) is 79.1 Å². The van der Waals surface area contributed by atoms with Crippen LogP contribution in [0.3, 0.4) is 0 Å². The zero-order valence-electron chi connectivity index (χ0n) is 15.4. The van der Waals surface area contributed by atoms with E-state index in [9.17, 15) is 4.79 Å². The van der Waals surface area contributed by atoms with Crippen molar-refractivity contribution in [2.24, 2.45) is 0 Å². The van der Waals surface area contributed by atoms with Crippen molar-refractivity contribution in [3.63, 3.8) is 0 Å². The predicted octanol–water partition coefficient (Wildman–Crippen LogP) is 3.35. The van der Waals surface area contributed by atoms with Crippen molar-refractivity contribution in [3.8, 4) is 17.2 Å². The van der Waals surface area contributed by atoms with Crippen molar-refractivity contribution in [2.45, 2.75) is 19.0 Å². The number of benzene rings is 2. The zero-order chi connectivity index (χ0) is 19.2. The van der Waals surface area contributed by atoms with Crippen LogP contribution in [0, 0.1) is 6.92 Å². The molecule has 0 atom stereocenters. The molecule has 2 aromatic carbocycles. The molecule has 3 aromatic rings. The van der Waals surface area contributed by atoms with Gasteiger partial charge in [-0.15, -0.1) is 5.10 Å². The molecular formula is C19H20N4O3S. The summed E-state index contributed by atoms with van der Waals surface area (Å²) in [7, 11) is 1.62. The number of tetrazole rings is 1. The molecule has 3 rings (SSSR count). The fourth-order valence-corrected chi connectivity index (χ4v) is 3.25. The number of aromatic nitrogens is 4. The van der Waals surface area contributed by atoms with Crippen molar-refractivity contribution in [2.75, 3.05) is 19.5 Å². The van der Waals surface area contributed by atoms with Crippen molar-refractivity contribution < 1.29 is 14.3 Å². The van der Waals surface area contributed by atoms with E-state index in [4.69, 9.17) is 9.47 Å². The fraction of sp³-hybridized carbons (Fsp3) is 0.263. The van der Waals surface area contributed by atoms with Crippen LogP contribution in [0.2, 0.25) is 0 Å². The molecule has 27 heavy (non-hydrogen) atoms. The van der Waals surface area contributed by atoms with Gasteiger partial charge in [0.15, 0.2) is 5.78 Å². The third-order valence-electron chi connectivity index (χ3n) is 3.84. The van der Waals surface area contributed by atoms with Crippen molar-refractivity contribution in [3.05, 3.63) is 53.6 Å². The molecule has 0 aliphatic heterocycles. The number of carbonyl (C=O) groups excluding carboxylic acids is 1. The Labute approximate surface area is 161 Å². The maximum Gasteiger partial charge on any atom is 0.214 e. The molecule has 0 fully saturated rings. The molecule has 0 saturated carbocycles. The summed E-state index contributed by atoms with van der Waals surface area (Å²) in [6, 6.07) is 13.1. The van der Waals surface area contributed by atoms with Crippen LogP contribution in [-0.4, -0.2) is 45.5 Å². The Kier molecular flexibility index (Phi) is 6.08. The standard InChI is InChI=1S/C19H20N4O3S/c1-13-8-9-18(25-3)16(12-13)23-19(20-21-22-23)27-11-10-26-17-7-5-4-6-15(17)14(2)24/h4-9,12H,10-11H2,1-3H3. The summed E-state index contributed by atoms with van der Waals surface area (Å²) >= 11 is 1.47. The van der Waals surface area contributed by atoms with Gasteiger partial charge in [-0.1, -0.05) is 30.0 Å². The highest BCUT2D eigenvalue weighted by molar-refractivity contribution is 7.99. The number of hydrogen-bond donors (Lipinski definition) is 0. The number of Topliss-reactive ketones (excluding diaryl/α,β-unsaturated/α-hetero) is 1. The van der Waals surface area contributed by atoms with Crippen LogP contribution < -0.4 is 9.47 Å². The van der Waals surface area contributed by atoms with E-state index < -0.39 is 0 Å². The Balaban J connectivity index is 1.67. The molecule has 0 amide bonds. The van der Waals surface area contributed by atoms with Crippen LogP contribution >= 0.6 is 11.8 Å². The highest BCUT2D eigenvalue weighted by Crippen LogP contribution is 2.27. The molecule has 0 aliphatic carbocycles. The van der Waals surface area contributed by atoms with Crippen LogP contribution in [-0.2, 0) is 0 Å². The van der Waals surface area contributed by atoms with Crippen LogP contribution in [0.1, 0.15) is 22.8 Å². The van der Waals surface area contributed by atoms with E-state index >= 15 is 0 Å². The van der Waals surface area contributed by atoms with Gasteiger partial charge in [0.05, 0.1) is 19.3 Å². The van der Waals surface area contributed by atoms with Gasteiger partial charge in [-0.2, -0.15) is 4.68 Å². The third kappa shape index (κ3) is 4.46. The Morgan fingerprint density at radius 2 is 2.00 bits per heavy atom. The number of carbonyl (C=O) groups is 1. The second kappa shape index (κ2) is 8.68. The number of methoxy groups -OCH3 is 1. The Morgan fingerprint density at radius 3 is 2.78 bits per heavy atom. The third-order valence-corrected chi connectivity index (χ3v) is 4.73.